The fourth-order valence-corrected chi connectivity index (χ4v) is 0.573. The normalized spacial score (nSPS) is 8.60. The van der Waals surface area contributed by atoms with Crippen molar-refractivity contribution in [3.63, 3.8) is 0 Å². The van der Waals surface area contributed by atoms with Gasteiger partial charge in [0.05, 0.1) is 0 Å². The Bertz CT molecular complexity index is 76.8. The van der Waals surface area contributed by atoms with E-state index in [9.17, 15) is 0 Å². The number of nitrogens with zero attached hydrogens (tertiary/aromatic N) is 1. The molecule has 0 radical (unpaired) electrons. The lowest BCUT2D eigenvalue weighted by atomic mass is 10.3. The molecule has 10 heavy (non-hydrogen) atoms. The summed E-state index contributed by atoms with van der Waals surface area (Å²) in [6.07, 6.45) is 0. The van der Waals surface area contributed by atoms with Crippen LogP contribution in [0.2, 0.25) is 0 Å². The zero-order valence-electron chi connectivity index (χ0n) is 8.07. The molecule has 0 heterocycles. The van der Waals surface area contributed by atoms with Crippen molar-refractivity contribution < 1.29 is 0 Å². The van der Waals surface area contributed by atoms with Gasteiger partial charge in [-0.1, -0.05) is 32.9 Å². The van der Waals surface area contributed by atoms with Crippen LogP contribution < -0.4 is 0 Å². The Morgan fingerprint density at radius 3 is 1.90 bits per heavy atom. The van der Waals surface area contributed by atoms with Crippen LogP contribution in [0.15, 0.2) is 12.2 Å². The SMILES string of the molecule is C=C(C)CN(C)CC.CC. The van der Waals surface area contributed by atoms with Crippen LogP contribution in [0, 0.1) is 0 Å². The summed E-state index contributed by atoms with van der Waals surface area (Å²) in [5.74, 6) is 0. The van der Waals surface area contributed by atoms with Crippen LogP contribution in [0.4, 0.5) is 0 Å². The predicted octanol–water partition coefficient (Wildman–Crippen LogP) is 2.54. The molecule has 1 nitrogen and oxygen atoms in total. The number of hydrogen-bond donors (Lipinski definition) is 0. The summed E-state index contributed by atoms with van der Waals surface area (Å²) >= 11 is 0. The lowest BCUT2D eigenvalue weighted by molar-refractivity contribution is 0.384. The molecule has 0 amide bonds. The third-order valence-electron chi connectivity index (χ3n) is 1.08. The topological polar surface area (TPSA) is 3.24 Å². The Kier molecular flexibility index (Phi) is 10.8. The average Bonchev–Trinajstić information content (AvgIpc) is 1.91. The molecule has 0 atom stereocenters. The molecule has 0 aliphatic carbocycles. The fraction of sp³-hybridized carbons (Fsp3) is 0.778. The van der Waals surface area contributed by atoms with Gasteiger partial charge in [-0.3, -0.25) is 0 Å². The molecule has 0 unspecified atom stereocenters. The Morgan fingerprint density at radius 2 is 1.80 bits per heavy atom. The molecule has 62 valence electrons. The van der Waals surface area contributed by atoms with Crippen LogP contribution in [-0.2, 0) is 0 Å². The summed E-state index contributed by atoms with van der Waals surface area (Å²) in [5, 5.41) is 0. The minimum atomic E-state index is 1.02. The molecule has 0 fully saturated rings. The second-order valence-electron chi connectivity index (χ2n) is 2.29. The molecule has 0 aliphatic heterocycles. The highest BCUT2D eigenvalue weighted by Crippen LogP contribution is 1.89. The van der Waals surface area contributed by atoms with Gasteiger partial charge in [0.25, 0.3) is 0 Å². The zero-order chi connectivity index (χ0) is 8.57. The van der Waals surface area contributed by atoms with E-state index in [1.807, 2.05) is 20.8 Å². The van der Waals surface area contributed by atoms with Gasteiger partial charge >= 0.3 is 0 Å². The van der Waals surface area contributed by atoms with E-state index in [1.165, 1.54) is 5.57 Å². The molecule has 0 aromatic heterocycles. The molecule has 1 heteroatoms. The number of likely N-dealkylation sites (N-methyl/N-ethyl adjacent to an activating group) is 1. The minimum Gasteiger partial charge on any atom is -0.303 e. The summed E-state index contributed by atoms with van der Waals surface area (Å²) in [6.45, 7) is 14.1. The summed E-state index contributed by atoms with van der Waals surface area (Å²) in [7, 11) is 2.09. The van der Waals surface area contributed by atoms with Gasteiger partial charge in [-0.2, -0.15) is 0 Å². The van der Waals surface area contributed by atoms with Crippen molar-refractivity contribution in [3.8, 4) is 0 Å². The molecule has 0 bridgehead atoms. The van der Waals surface area contributed by atoms with Crippen LogP contribution in [0.3, 0.4) is 0 Å². The fourth-order valence-electron chi connectivity index (χ4n) is 0.573. The van der Waals surface area contributed by atoms with Gasteiger partial charge in [0.15, 0.2) is 0 Å². The van der Waals surface area contributed by atoms with Crippen molar-refractivity contribution in [2.45, 2.75) is 27.7 Å². The highest BCUT2D eigenvalue weighted by atomic mass is 15.1. The standard InChI is InChI=1S/C7H15N.C2H6/c1-5-8(4)6-7(2)3;1-2/h2,5-6H2,1,3-4H3;1-2H3. The lowest BCUT2D eigenvalue weighted by Gasteiger charge is -2.12. The molecule has 0 rings (SSSR count). The highest BCUT2D eigenvalue weighted by Gasteiger charge is 1.90. The second kappa shape index (κ2) is 8.70. The molecule has 0 spiro atoms. The minimum absolute atomic E-state index is 1.02. The Balaban J connectivity index is 0. The first-order valence-corrected chi connectivity index (χ1v) is 3.99. The summed E-state index contributed by atoms with van der Waals surface area (Å²) in [6, 6.07) is 0. The zero-order valence-corrected chi connectivity index (χ0v) is 8.07. The Morgan fingerprint density at radius 1 is 1.40 bits per heavy atom. The van der Waals surface area contributed by atoms with E-state index >= 15 is 0 Å². The first kappa shape index (κ1) is 12.4. The molecular weight excluding hydrogens is 122 g/mol. The van der Waals surface area contributed by atoms with Gasteiger partial charge in [0.1, 0.15) is 0 Å². The highest BCUT2D eigenvalue weighted by molar-refractivity contribution is 4.90. The molecule has 0 saturated heterocycles. The summed E-state index contributed by atoms with van der Waals surface area (Å²) in [5.41, 5.74) is 1.23. The van der Waals surface area contributed by atoms with Crippen molar-refractivity contribution in [1.82, 2.24) is 4.90 Å². The van der Waals surface area contributed by atoms with Crippen molar-refractivity contribution in [3.05, 3.63) is 12.2 Å². The van der Waals surface area contributed by atoms with Gasteiger partial charge < -0.3 is 4.90 Å². The van der Waals surface area contributed by atoms with Crippen molar-refractivity contribution in [1.29, 1.82) is 0 Å². The van der Waals surface area contributed by atoms with Crippen LogP contribution in [-0.4, -0.2) is 25.0 Å². The predicted molar refractivity (Wildman–Crippen MR) is 49.3 cm³/mol. The van der Waals surface area contributed by atoms with E-state index in [0.29, 0.717) is 0 Å². The Labute approximate surface area is 65.7 Å². The lowest BCUT2D eigenvalue weighted by Crippen LogP contribution is -2.18. The average molecular weight is 143 g/mol. The summed E-state index contributed by atoms with van der Waals surface area (Å²) < 4.78 is 0. The molecule has 0 aliphatic rings. The first-order valence-electron chi connectivity index (χ1n) is 3.99. The van der Waals surface area contributed by atoms with Crippen molar-refractivity contribution >= 4 is 0 Å². The molecule has 0 N–H and O–H groups in total. The molecule has 0 aromatic rings. The first-order chi connectivity index (χ1) is 4.66. The van der Waals surface area contributed by atoms with Gasteiger partial charge in [0.2, 0.25) is 0 Å². The second-order valence-corrected chi connectivity index (χ2v) is 2.29. The van der Waals surface area contributed by atoms with Gasteiger partial charge in [-0.05, 0) is 20.5 Å². The largest absolute Gasteiger partial charge is 0.303 e. The maximum absolute atomic E-state index is 3.80. The molecule has 0 saturated carbocycles. The monoisotopic (exact) mass is 143 g/mol. The third kappa shape index (κ3) is 10.6. The van der Waals surface area contributed by atoms with E-state index in [4.69, 9.17) is 0 Å². The van der Waals surface area contributed by atoms with E-state index in [2.05, 4.69) is 25.5 Å². The van der Waals surface area contributed by atoms with Crippen LogP contribution in [0.1, 0.15) is 27.7 Å². The van der Waals surface area contributed by atoms with Crippen LogP contribution in [0.5, 0.6) is 0 Å². The van der Waals surface area contributed by atoms with Crippen LogP contribution in [0.25, 0.3) is 0 Å². The van der Waals surface area contributed by atoms with Crippen LogP contribution >= 0.6 is 0 Å². The van der Waals surface area contributed by atoms with E-state index in [0.717, 1.165) is 13.1 Å². The van der Waals surface area contributed by atoms with Crippen molar-refractivity contribution in [2.24, 2.45) is 0 Å². The number of hydrogen-bond acceptors (Lipinski definition) is 1. The van der Waals surface area contributed by atoms with Crippen molar-refractivity contribution in [2.75, 3.05) is 20.1 Å². The Hall–Kier alpha value is -0.300. The van der Waals surface area contributed by atoms with E-state index < -0.39 is 0 Å². The third-order valence-corrected chi connectivity index (χ3v) is 1.08. The number of rotatable bonds is 3. The summed E-state index contributed by atoms with van der Waals surface area (Å²) in [4.78, 5) is 2.22. The molecule has 0 aromatic carbocycles. The van der Waals surface area contributed by atoms with Gasteiger partial charge in [-0.25, -0.2) is 0 Å². The van der Waals surface area contributed by atoms with Gasteiger partial charge in [-0.15, -0.1) is 0 Å². The maximum atomic E-state index is 3.80. The van der Waals surface area contributed by atoms with E-state index in [-0.39, 0.29) is 0 Å². The van der Waals surface area contributed by atoms with Gasteiger partial charge in [0, 0.05) is 6.54 Å². The smallest absolute Gasteiger partial charge is 0.0184 e. The quantitative estimate of drug-likeness (QED) is 0.549. The van der Waals surface area contributed by atoms with E-state index in [1.54, 1.807) is 0 Å². The molecular formula is C9H21N. The maximum Gasteiger partial charge on any atom is 0.0184 e.